The van der Waals surface area contributed by atoms with E-state index in [1.807, 2.05) is 0 Å². The Kier molecular flexibility index (Phi) is 11.1. The highest BCUT2D eigenvalue weighted by Gasteiger charge is 2.16. The summed E-state index contributed by atoms with van der Waals surface area (Å²) in [5.41, 5.74) is 2.74. The molecule has 1 unspecified atom stereocenters. The van der Waals surface area contributed by atoms with Crippen molar-refractivity contribution in [2.45, 2.75) is 19.3 Å². The molecule has 0 bridgehead atoms. The Morgan fingerprint density at radius 2 is 1.50 bits per heavy atom. The normalized spacial score (nSPS) is 11.1. The first-order valence-electron chi connectivity index (χ1n) is 8.96. The van der Waals surface area contributed by atoms with Gasteiger partial charge in [0.2, 0.25) is 6.54 Å². The lowest BCUT2D eigenvalue weighted by Crippen LogP contribution is -2.12. The minimum absolute atomic E-state index is 0.322. The number of methoxy groups -OCH3 is 4. The van der Waals surface area contributed by atoms with Crippen LogP contribution >= 0.6 is 0 Å². The van der Waals surface area contributed by atoms with Gasteiger partial charge in [-0.15, -0.1) is 0 Å². The van der Waals surface area contributed by atoms with Crippen LogP contribution in [0.4, 0.5) is 0 Å². The van der Waals surface area contributed by atoms with Gasteiger partial charge in [-0.05, 0) is 35.9 Å². The van der Waals surface area contributed by atoms with Crippen molar-refractivity contribution in [2.24, 2.45) is 0 Å². The summed E-state index contributed by atoms with van der Waals surface area (Å²) in [4.78, 5) is 20.2. The Balaban J connectivity index is 0.000000311. The van der Waals surface area contributed by atoms with E-state index >= 15 is 0 Å². The van der Waals surface area contributed by atoms with Crippen molar-refractivity contribution in [1.29, 1.82) is 0 Å². The fourth-order valence-electron chi connectivity index (χ4n) is 2.66. The fourth-order valence-corrected chi connectivity index (χ4v) is 2.66. The molecule has 0 radical (unpaired) electrons. The summed E-state index contributed by atoms with van der Waals surface area (Å²) < 4.78 is 20.2. The minimum Gasteiger partial charge on any atom is -0.496 e. The molecule has 9 heteroatoms. The molecule has 2 aromatic carbocycles. The third kappa shape index (κ3) is 7.78. The van der Waals surface area contributed by atoms with E-state index in [-0.39, 0.29) is 0 Å². The largest absolute Gasteiger partial charge is 0.496 e. The molecule has 0 amide bonds. The molecular weight excluding hydrogens is 394 g/mol. The van der Waals surface area contributed by atoms with Crippen LogP contribution in [0.15, 0.2) is 36.4 Å². The second-order valence-corrected chi connectivity index (χ2v) is 6.16. The number of benzene rings is 2. The molecule has 164 valence electrons. The van der Waals surface area contributed by atoms with Gasteiger partial charge in [0.1, 0.15) is 23.9 Å². The van der Waals surface area contributed by atoms with Gasteiger partial charge in [0, 0.05) is 35.8 Å². The first kappa shape index (κ1) is 25.0. The first-order chi connectivity index (χ1) is 14.4. The average molecular weight is 421 g/mol. The smallest absolute Gasteiger partial charge is 0.233 e. The Hall–Kier alpha value is -3.01. The van der Waals surface area contributed by atoms with Crippen LogP contribution in [0.25, 0.3) is 0 Å². The number of nitrogens with zero attached hydrogens (tertiary/aromatic N) is 1. The topological polar surface area (TPSA) is 117 Å². The molecule has 0 aliphatic carbocycles. The Labute approximate surface area is 175 Å². The van der Waals surface area contributed by atoms with Gasteiger partial charge < -0.3 is 24.1 Å². The Bertz CT molecular complexity index is 825. The number of hydrogen-bond donors (Lipinski definition) is 1. The molecule has 0 aliphatic heterocycles. The number of carbonyl (C=O) groups excluding carboxylic acids is 1. The number of aliphatic hydroxyl groups excluding tert-OH is 1. The van der Waals surface area contributed by atoms with Crippen molar-refractivity contribution >= 4 is 6.29 Å². The monoisotopic (exact) mass is 421 g/mol. The molecule has 0 aliphatic rings. The molecule has 0 heterocycles. The SMILES string of the molecule is COCc1cc(C(O)C[N+](=O)[O-])ccc1OC.COCc1cc(C=O)ccc1OC. The lowest BCUT2D eigenvalue weighted by Gasteiger charge is -2.12. The van der Waals surface area contributed by atoms with Crippen LogP contribution in [-0.2, 0) is 22.7 Å². The molecule has 0 saturated heterocycles. The van der Waals surface area contributed by atoms with Gasteiger partial charge in [0.15, 0.2) is 0 Å². The summed E-state index contributed by atoms with van der Waals surface area (Å²) in [5.74, 6) is 1.37. The molecule has 0 saturated carbocycles. The van der Waals surface area contributed by atoms with Gasteiger partial charge in [0.05, 0.1) is 27.4 Å². The van der Waals surface area contributed by atoms with Gasteiger partial charge in [-0.25, -0.2) is 0 Å². The number of aldehydes is 1. The summed E-state index contributed by atoms with van der Waals surface area (Å²) in [6, 6.07) is 10.1. The van der Waals surface area contributed by atoms with Crippen LogP contribution in [0.1, 0.15) is 33.2 Å². The molecule has 2 aromatic rings. The zero-order valence-corrected chi connectivity index (χ0v) is 17.5. The predicted molar refractivity (Wildman–Crippen MR) is 110 cm³/mol. The van der Waals surface area contributed by atoms with Crippen LogP contribution in [0, 0.1) is 10.1 Å². The van der Waals surface area contributed by atoms with Crippen molar-refractivity contribution in [3.63, 3.8) is 0 Å². The van der Waals surface area contributed by atoms with Crippen LogP contribution in [-0.4, -0.2) is 51.3 Å². The van der Waals surface area contributed by atoms with Gasteiger partial charge in [-0.1, -0.05) is 6.07 Å². The number of aliphatic hydroxyl groups is 1. The predicted octanol–water partition coefficient (Wildman–Crippen LogP) is 2.81. The third-order valence-electron chi connectivity index (χ3n) is 4.05. The van der Waals surface area contributed by atoms with E-state index < -0.39 is 17.6 Å². The highest BCUT2D eigenvalue weighted by molar-refractivity contribution is 5.75. The Morgan fingerprint density at radius 1 is 0.967 bits per heavy atom. The highest BCUT2D eigenvalue weighted by atomic mass is 16.6. The van der Waals surface area contributed by atoms with E-state index in [4.69, 9.17) is 18.9 Å². The van der Waals surface area contributed by atoms with Crippen molar-refractivity contribution in [3.05, 3.63) is 68.8 Å². The van der Waals surface area contributed by atoms with E-state index in [0.717, 1.165) is 23.2 Å². The number of hydrogen-bond acceptors (Lipinski definition) is 8. The molecule has 0 fully saturated rings. The van der Waals surface area contributed by atoms with Gasteiger partial charge in [-0.3, -0.25) is 14.9 Å². The van der Waals surface area contributed by atoms with Crippen LogP contribution < -0.4 is 9.47 Å². The minimum atomic E-state index is -1.12. The maximum absolute atomic E-state index is 10.5. The van der Waals surface area contributed by atoms with E-state index in [2.05, 4.69) is 0 Å². The fraction of sp³-hybridized carbons (Fsp3) is 0.381. The summed E-state index contributed by atoms with van der Waals surface area (Å²) >= 11 is 0. The molecule has 2 rings (SSSR count). The standard InChI is InChI=1S/C11H15NO5.C10H12O3/c1-16-7-9-5-8(3-4-11(9)17-2)10(13)6-12(14)15;1-12-7-9-5-8(6-11)3-4-10(9)13-2/h3-5,10,13H,6-7H2,1-2H3;3-6H,7H2,1-2H3. The van der Waals surface area contributed by atoms with E-state index in [9.17, 15) is 20.0 Å². The summed E-state index contributed by atoms with van der Waals surface area (Å²) in [7, 11) is 6.27. The van der Waals surface area contributed by atoms with Gasteiger partial charge in [0.25, 0.3) is 0 Å². The van der Waals surface area contributed by atoms with E-state index in [1.54, 1.807) is 57.7 Å². The van der Waals surface area contributed by atoms with Crippen molar-refractivity contribution in [1.82, 2.24) is 0 Å². The van der Waals surface area contributed by atoms with Crippen LogP contribution in [0.2, 0.25) is 0 Å². The van der Waals surface area contributed by atoms with Crippen LogP contribution in [0.3, 0.4) is 0 Å². The molecular formula is C21H27NO8. The lowest BCUT2D eigenvalue weighted by atomic mass is 10.1. The second-order valence-electron chi connectivity index (χ2n) is 6.16. The first-order valence-corrected chi connectivity index (χ1v) is 8.96. The van der Waals surface area contributed by atoms with E-state index in [1.165, 1.54) is 7.11 Å². The highest BCUT2D eigenvalue weighted by Crippen LogP contribution is 2.24. The van der Waals surface area contributed by atoms with Crippen molar-refractivity contribution < 1.29 is 33.8 Å². The molecule has 1 N–H and O–H groups in total. The quantitative estimate of drug-likeness (QED) is 0.354. The lowest BCUT2D eigenvalue weighted by molar-refractivity contribution is -0.491. The van der Waals surface area contributed by atoms with Crippen molar-refractivity contribution in [2.75, 3.05) is 35.0 Å². The average Bonchev–Trinajstić information content (AvgIpc) is 2.74. The maximum Gasteiger partial charge on any atom is 0.233 e. The molecule has 9 nitrogen and oxygen atoms in total. The molecule has 0 aromatic heterocycles. The maximum atomic E-state index is 10.5. The second kappa shape index (κ2) is 13.3. The van der Waals surface area contributed by atoms with Gasteiger partial charge in [-0.2, -0.15) is 0 Å². The van der Waals surface area contributed by atoms with Crippen LogP contribution in [0.5, 0.6) is 11.5 Å². The summed E-state index contributed by atoms with van der Waals surface area (Å²) in [6.45, 7) is 0.256. The molecule has 30 heavy (non-hydrogen) atoms. The van der Waals surface area contributed by atoms with Gasteiger partial charge >= 0.3 is 0 Å². The third-order valence-corrected chi connectivity index (χ3v) is 4.05. The number of rotatable bonds is 10. The summed E-state index contributed by atoms with van der Waals surface area (Å²) in [5, 5.41) is 19.9. The molecule has 1 atom stereocenters. The zero-order valence-electron chi connectivity index (χ0n) is 17.5. The van der Waals surface area contributed by atoms with Crippen molar-refractivity contribution in [3.8, 4) is 11.5 Å². The number of carbonyl (C=O) groups is 1. The summed E-state index contributed by atoms with van der Waals surface area (Å²) in [6.07, 6.45) is -0.315. The molecule has 0 spiro atoms. The number of ether oxygens (including phenoxy) is 4. The zero-order chi connectivity index (χ0) is 22.5. The van der Waals surface area contributed by atoms with E-state index in [0.29, 0.717) is 30.1 Å². The Morgan fingerprint density at radius 3 is 1.97 bits per heavy atom. The number of nitro groups is 1.